The zero-order valence-electron chi connectivity index (χ0n) is 12.1. The Labute approximate surface area is 126 Å². The topological polar surface area (TPSA) is 66.9 Å². The van der Waals surface area contributed by atoms with Crippen LogP contribution in [0.1, 0.15) is 30.3 Å². The van der Waals surface area contributed by atoms with Crippen molar-refractivity contribution in [2.45, 2.75) is 19.8 Å². The summed E-state index contributed by atoms with van der Waals surface area (Å²) in [5.41, 5.74) is -0.191. The van der Waals surface area contributed by atoms with Crippen molar-refractivity contribution in [3.63, 3.8) is 0 Å². The van der Waals surface area contributed by atoms with Crippen molar-refractivity contribution in [2.24, 2.45) is 0 Å². The number of benzene rings is 1. The summed E-state index contributed by atoms with van der Waals surface area (Å²) < 4.78 is 27.2. The molecule has 0 unspecified atom stereocenters. The summed E-state index contributed by atoms with van der Waals surface area (Å²) in [5, 5.41) is 5.23. The fourth-order valence-electron chi connectivity index (χ4n) is 1.76. The molecule has 1 aromatic carbocycles. The minimum absolute atomic E-state index is 0.130. The van der Waals surface area contributed by atoms with Gasteiger partial charge in [-0.15, -0.1) is 0 Å². The second-order valence-electron chi connectivity index (χ2n) is 4.62. The molecule has 5 nitrogen and oxygen atoms in total. The fraction of sp³-hybridized carbons (Fsp3) is 0.267. The second-order valence-corrected chi connectivity index (χ2v) is 4.62. The molecule has 0 spiro atoms. The zero-order valence-corrected chi connectivity index (χ0v) is 12.1. The molecule has 22 heavy (non-hydrogen) atoms. The molecule has 1 heterocycles. The van der Waals surface area contributed by atoms with E-state index in [4.69, 9.17) is 0 Å². The van der Waals surface area contributed by atoms with E-state index < -0.39 is 11.6 Å². The standard InChI is InChI=1S/C15H16F2N4O/c1-2-3-7-18-15(22)12-8-13(20-9-19-12)21-14-10(16)5-4-6-11(14)17/h4-6,8-9H,2-3,7H2,1H3,(H,18,22)(H,19,20,21). The van der Waals surface area contributed by atoms with Crippen molar-refractivity contribution in [3.05, 3.63) is 47.9 Å². The summed E-state index contributed by atoms with van der Waals surface area (Å²) in [5.74, 6) is -1.70. The molecular weight excluding hydrogens is 290 g/mol. The third-order valence-corrected chi connectivity index (χ3v) is 2.93. The van der Waals surface area contributed by atoms with E-state index in [2.05, 4.69) is 20.6 Å². The third kappa shape index (κ3) is 3.97. The number of para-hydroxylation sites is 1. The fourth-order valence-corrected chi connectivity index (χ4v) is 1.76. The molecule has 1 amide bonds. The monoisotopic (exact) mass is 306 g/mol. The molecule has 2 aromatic rings. The van der Waals surface area contributed by atoms with Crippen molar-refractivity contribution in [2.75, 3.05) is 11.9 Å². The van der Waals surface area contributed by atoms with Gasteiger partial charge in [0.1, 0.15) is 35.2 Å². The van der Waals surface area contributed by atoms with Crippen molar-refractivity contribution in [3.8, 4) is 0 Å². The van der Waals surface area contributed by atoms with Crippen LogP contribution in [-0.2, 0) is 0 Å². The highest BCUT2D eigenvalue weighted by molar-refractivity contribution is 5.92. The van der Waals surface area contributed by atoms with Gasteiger partial charge in [-0.25, -0.2) is 18.7 Å². The van der Waals surface area contributed by atoms with Crippen LogP contribution in [0.25, 0.3) is 0 Å². The van der Waals surface area contributed by atoms with Crippen LogP contribution < -0.4 is 10.6 Å². The number of halogens is 2. The molecule has 116 valence electrons. The summed E-state index contributed by atoms with van der Waals surface area (Å²) in [6, 6.07) is 4.87. The van der Waals surface area contributed by atoms with E-state index in [1.807, 2.05) is 6.92 Å². The molecule has 0 saturated heterocycles. The number of carbonyl (C=O) groups is 1. The lowest BCUT2D eigenvalue weighted by molar-refractivity contribution is 0.0948. The van der Waals surface area contributed by atoms with Gasteiger partial charge in [-0.05, 0) is 18.6 Å². The number of rotatable bonds is 6. The van der Waals surface area contributed by atoms with Gasteiger partial charge in [0.25, 0.3) is 5.91 Å². The average Bonchev–Trinajstić information content (AvgIpc) is 2.51. The van der Waals surface area contributed by atoms with Gasteiger partial charge in [0.15, 0.2) is 0 Å². The average molecular weight is 306 g/mol. The Hall–Kier alpha value is -2.57. The molecule has 0 aliphatic rings. The summed E-state index contributed by atoms with van der Waals surface area (Å²) >= 11 is 0. The van der Waals surface area contributed by atoms with Gasteiger partial charge in [0.2, 0.25) is 0 Å². The Bertz CT molecular complexity index is 643. The number of nitrogens with one attached hydrogen (secondary N) is 2. The summed E-state index contributed by atoms with van der Waals surface area (Å²) in [6.45, 7) is 2.56. The first-order valence-electron chi connectivity index (χ1n) is 6.93. The predicted octanol–water partition coefficient (Wildman–Crippen LogP) is 3.03. The molecule has 2 rings (SSSR count). The zero-order chi connectivity index (χ0) is 15.9. The van der Waals surface area contributed by atoms with Gasteiger partial charge in [0, 0.05) is 12.6 Å². The van der Waals surface area contributed by atoms with Crippen LogP contribution in [0.3, 0.4) is 0 Å². The quantitative estimate of drug-likeness (QED) is 0.805. The smallest absolute Gasteiger partial charge is 0.270 e. The van der Waals surface area contributed by atoms with E-state index >= 15 is 0 Å². The lowest BCUT2D eigenvalue weighted by Gasteiger charge is -2.09. The molecule has 0 aliphatic heterocycles. The van der Waals surface area contributed by atoms with E-state index in [9.17, 15) is 13.6 Å². The SMILES string of the molecule is CCCCNC(=O)c1cc(Nc2c(F)cccc2F)ncn1. The van der Waals surface area contributed by atoms with Crippen molar-refractivity contribution < 1.29 is 13.6 Å². The van der Waals surface area contributed by atoms with Gasteiger partial charge in [-0.3, -0.25) is 4.79 Å². The molecule has 0 atom stereocenters. The molecule has 0 aliphatic carbocycles. The van der Waals surface area contributed by atoms with Crippen LogP contribution in [0.15, 0.2) is 30.6 Å². The van der Waals surface area contributed by atoms with Crippen LogP contribution in [-0.4, -0.2) is 22.4 Å². The van der Waals surface area contributed by atoms with Crippen molar-refractivity contribution in [1.29, 1.82) is 0 Å². The van der Waals surface area contributed by atoms with Crippen LogP contribution >= 0.6 is 0 Å². The lowest BCUT2D eigenvalue weighted by Crippen LogP contribution is -2.25. The summed E-state index contributed by atoms with van der Waals surface area (Å²) in [4.78, 5) is 19.6. The molecule has 7 heteroatoms. The Morgan fingerprint density at radius 3 is 2.64 bits per heavy atom. The molecule has 0 radical (unpaired) electrons. The maximum atomic E-state index is 13.6. The molecule has 0 saturated carbocycles. The number of anilines is 2. The lowest BCUT2D eigenvalue weighted by atomic mass is 10.2. The molecular formula is C15H16F2N4O. The minimum Gasteiger partial charge on any atom is -0.351 e. The third-order valence-electron chi connectivity index (χ3n) is 2.93. The number of nitrogens with zero attached hydrogens (tertiary/aromatic N) is 2. The van der Waals surface area contributed by atoms with Crippen molar-refractivity contribution >= 4 is 17.4 Å². The maximum Gasteiger partial charge on any atom is 0.270 e. The number of aromatic nitrogens is 2. The number of amides is 1. The first-order valence-corrected chi connectivity index (χ1v) is 6.93. The Morgan fingerprint density at radius 2 is 1.95 bits per heavy atom. The van der Waals surface area contributed by atoms with Crippen LogP contribution in [0.5, 0.6) is 0 Å². The minimum atomic E-state index is -0.743. The molecule has 0 fully saturated rings. The Morgan fingerprint density at radius 1 is 1.23 bits per heavy atom. The summed E-state index contributed by atoms with van der Waals surface area (Å²) in [6.07, 6.45) is 2.99. The highest BCUT2D eigenvalue weighted by Crippen LogP contribution is 2.21. The van der Waals surface area contributed by atoms with Gasteiger partial charge in [-0.1, -0.05) is 19.4 Å². The maximum absolute atomic E-state index is 13.6. The van der Waals surface area contributed by atoms with E-state index in [0.29, 0.717) is 6.54 Å². The van der Waals surface area contributed by atoms with E-state index in [0.717, 1.165) is 31.3 Å². The second kappa shape index (κ2) is 7.44. The number of hydrogen-bond donors (Lipinski definition) is 2. The normalized spacial score (nSPS) is 10.3. The first kappa shape index (κ1) is 15.8. The Balaban J connectivity index is 2.13. The van der Waals surface area contributed by atoms with Crippen molar-refractivity contribution in [1.82, 2.24) is 15.3 Å². The molecule has 1 aromatic heterocycles. The number of unbranched alkanes of at least 4 members (excludes halogenated alkanes) is 1. The van der Waals surface area contributed by atoms with E-state index in [1.54, 1.807) is 0 Å². The predicted molar refractivity (Wildman–Crippen MR) is 78.9 cm³/mol. The van der Waals surface area contributed by atoms with E-state index in [1.165, 1.54) is 12.1 Å². The van der Waals surface area contributed by atoms with Gasteiger partial charge < -0.3 is 10.6 Å². The van der Waals surface area contributed by atoms with Gasteiger partial charge in [-0.2, -0.15) is 0 Å². The molecule has 0 bridgehead atoms. The highest BCUT2D eigenvalue weighted by Gasteiger charge is 2.12. The van der Waals surface area contributed by atoms with Gasteiger partial charge >= 0.3 is 0 Å². The van der Waals surface area contributed by atoms with Gasteiger partial charge in [0.05, 0.1) is 0 Å². The van der Waals surface area contributed by atoms with Crippen LogP contribution in [0.2, 0.25) is 0 Å². The number of carbonyl (C=O) groups excluding carboxylic acids is 1. The molecule has 2 N–H and O–H groups in total. The number of hydrogen-bond acceptors (Lipinski definition) is 4. The van der Waals surface area contributed by atoms with Crippen LogP contribution in [0.4, 0.5) is 20.3 Å². The largest absolute Gasteiger partial charge is 0.351 e. The summed E-state index contributed by atoms with van der Waals surface area (Å²) in [7, 11) is 0. The first-order chi connectivity index (χ1) is 10.6. The highest BCUT2D eigenvalue weighted by atomic mass is 19.1. The Kier molecular flexibility index (Phi) is 5.35. The van der Waals surface area contributed by atoms with E-state index in [-0.39, 0.29) is 23.1 Å². The van der Waals surface area contributed by atoms with Crippen LogP contribution in [0, 0.1) is 11.6 Å².